The highest BCUT2D eigenvalue weighted by Gasteiger charge is 2.35. The maximum atomic E-state index is 11.9. The predicted molar refractivity (Wildman–Crippen MR) is 66.4 cm³/mol. The fourth-order valence-electron chi connectivity index (χ4n) is 2.59. The van der Waals surface area contributed by atoms with Crippen molar-refractivity contribution in [3.8, 4) is 0 Å². The van der Waals surface area contributed by atoms with Crippen molar-refractivity contribution in [3.63, 3.8) is 0 Å². The summed E-state index contributed by atoms with van der Waals surface area (Å²) in [6.07, 6.45) is 2.96. The number of ketones is 1. The molecule has 0 aromatic heterocycles. The van der Waals surface area contributed by atoms with Gasteiger partial charge in [0, 0.05) is 6.42 Å². The highest BCUT2D eigenvalue weighted by Crippen LogP contribution is 2.34. The Morgan fingerprint density at radius 3 is 2.71 bits per heavy atom. The monoisotopic (exact) mass is 238 g/mol. The molecule has 1 aliphatic rings. The third-order valence-corrected chi connectivity index (χ3v) is 3.13. The number of rotatable bonds is 4. The maximum Gasteiger partial charge on any atom is 0.313 e. The molecule has 0 unspecified atom stereocenters. The number of hydrogen-bond acceptors (Lipinski definition) is 3. The molecule has 3 nitrogen and oxygen atoms in total. The van der Waals surface area contributed by atoms with Crippen LogP contribution in [0.2, 0.25) is 0 Å². The number of hydrogen-bond donors (Lipinski definition) is 0. The lowest BCUT2D eigenvalue weighted by Gasteiger charge is -2.30. The van der Waals surface area contributed by atoms with Crippen molar-refractivity contribution in [3.05, 3.63) is 11.6 Å². The van der Waals surface area contributed by atoms with Crippen LogP contribution in [0.1, 0.15) is 40.5 Å². The van der Waals surface area contributed by atoms with Crippen LogP contribution in [-0.4, -0.2) is 18.4 Å². The van der Waals surface area contributed by atoms with Crippen molar-refractivity contribution in [2.45, 2.75) is 40.5 Å². The quantitative estimate of drug-likeness (QED) is 0.707. The molecule has 0 aromatic rings. The highest BCUT2D eigenvalue weighted by atomic mass is 16.5. The molecule has 1 rings (SSSR count). The zero-order valence-electron chi connectivity index (χ0n) is 11.2. The van der Waals surface area contributed by atoms with E-state index < -0.39 is 0 Å². The zero-order valence-corrected chi connectivity index (χ0v) is 11.2. The topological polar surface area (TPSA) is 43.4 Å². The molecular weight excluding hydrogens is 216 g/mol. The Morgan fingerprint density at radius 1 is 1.53 bits per heavy atom. The van der Waals surface area contributed by atoms with E-state index in [-0.39, 0.29) is 23.6 Å². The zero-order chi connectivity index (χ0) is 13.0. The van der Waals surface area contributed by atoms with E-state index in [0.717, 1.165) is 12.0 Å². The van der Waals surface area contributed by atoms with Gasteiger partial charge in [0.05, 0.1) is 12.5 Å². The lowest BCUT2D eigenvalue weighted by Crippen LogP contribution is -2.32. The van der Waals surface area contributed by atoms with Gasteiger partial charge in [0.25, 0.3) is 0 Å². The fraction of sp³-hybridized carbons (Fsp3) is 0.714. The van der Waals surface area contributed by atoms with E-state index in [2.05, 4.69) is 13.8 Å². The maximum absolute atomic E-state index is 11.9. The minimum atomic E-state index is -0.227. The second-order valence-electron chi connectivity index (χ2n) is 5.18. The molecule has 17 heavy (non-hydrogen) atoms. The molecular formula is C14H22O3. The fourth-order valence-corrected chi connectivity index (χ4v) is 2.59. The van der Waals surface area contributed by atoms with Gasteiger partial charge in [-0.25, -0.2) is 0 Å². The van der Waals surface area contributed by atoms with Gasteiger partial charge in [-0.05, 0) is 38.2 Å². The summed E-state index contributed by atoms with van der Waals surface area (Å²) >= 11 is 0. The molecule has 0 radical (unpaired) electrons. The van der Waals surface area contributed by atoms with Gasteiger partial charge in [-0.1, -0.05) is 19.4 Å². The average Bonchev–Trinajstić information content (AvgIpc) is 2.15. The van der Waals surface area contributed by atoms with Gasteiger partial charge in [0.15, 0.2) is 5.78 Å². The van der Waals surface area contributed by atoms with Crippen LogP contribution in [0.15, 0.2) is 11.6 Å². The Hall–Kier alpha value is -1.12. The van der Waals surface area contributed by atoms with Crippen molar-refractivity contribution in [1.29, 1.82) is 0 Å². The van der Waals surface area contributed by atoms with Crippen LogP contribution in [-0.2, 0) is 14.3 Å². The molecule has 0 aliphatic heterocycles. The predicted octanol–water partition coefficient (Wildman–Crippen LogP) is 2.75. The van der Waals surface area contributed by atoms with Gasteiger partial charge < -0.3 is 4.74 Å². The first kappa shape index (κ1) is 13.9. The number of esters is 1. The minimum Gasteiger partial charge on any atom is -0.466 e. The number of ether oxygens (including phenoxy) is 1. The van der Waals surface area contributed by atoms with Crippen LogP contribution >= 0.6 is 0 Å². The molecule has 96 valence electrons. The summed E-state index contributed by atoms with van der Waals surface area (Å²) in [4.78, 5) is 23.5. The summed E-state index contributed by atoms with van der Waals surface area (Å²) in [6.45, 7) is 8.28. The second kappa shape index (κ2) is 5.99. The Bertz CT molecular complexity index is 328. The first-order valence-corrected chi connectivity index (χ1v) is 6.33. The van der Waals surface area contributed by atoms with Crippen LogP contribution in [0, 0.1) is 17.8 Å². The van der Waals surface area contributed by atoms with E-state index in [1.54, 1.807) is 6.08 Å². The summed E-state index contributed by atoms with van der Waals surface area (Å²) < 4.78 is 5.11. The highest BCUT2D eigenvalue weighted by molar-refractivity contribution is 5.94. The van der Waals surface area contributed by atoms with E-state index in [1.165, 1.54) is 0 Å². The van der Waals surface area contributed by atoms with Crippen molar-refractivity contribution in [1.82, 2.24) is 0 Å². The molecule has 0 fully saturated rings. The SMILES string of the molecule is CCOC(=O)[C@@H]1C(C)=CC(=O)C[C@@H]1CC(C)C. The molecule has 0 heterocycles. The van der Waals surface area contributed by atoms with Crippen molar-refractivity contribution >= 4 is 11.8 Å². The summed E-state index contributed by atoms with van der Waals surface area (Å²) in [5.74, 6) is 0.310. The molecule has 2 atom stereocenters. The van der Waals surface area contributed by atoms with Gasteiger partial charge >= 0.3 is 5.97 Å². The summed E-state index contributed by atoms with van der Waals surface area (Å²) in [6, 6.07) is 0. The van der Waals surface area contributed by atoms with Crippen LogP contribution in [0.5, 0.6) is 0 Å². The van der Waals surface area contributed by atoms with Crippen LogP contribution in [0.3, 0.4) is 0 Å². The molecule has 0 saturated heterocycles. The molecule has 0 spiro atoms. The Labute approximate surface area is 103 Å². The van der Waals surface area contributed by atoms with E-state index >= 15 is 0 Å². The lowest BCUT2D eigenvalue weighted by molar-refractivity contribution is -0.149. The number of carbonyl (C=O) groups excluding carboxylic acids is 2. The van der Waals surface area contributed by atoms with E-state index in [4.69, 9.17) is 4.74 Å². The molecule has 0 amide bonds. The van der Waals surface area contributed by atoms with Crippen LogP contribution < -0.4 is 0 Å². The van der Waals surface area contributed by atoms with E-state index in [9.17, 15) is 9.59 Å². The molecule has 1 aliphatic carbocycles. The smallest absolute Gasteiger partial charge is 0.313 e. The first-order valence-electron chi connectivity index (χ1n) is 6.33. The van der Waals surface area contributed by atoms with Crippen molar-refractivity contribution < 1.29 is 14.3 Å². The summed E-state index contributed by atoms with van der Waals surface area (Å²) in [7, 11) is 0. The minimum absolute atomic E-state index is 0.103. The van der Waals surface area contributed by atoms with E-state index in [1.807, 2.05) is 13.8 Å². The molecule has 0 aromatic carbocycles. The number of carbonyl (C=O) groups is 2. The van der Waals surface area contributed by atoms with Gasteiger partial charge in [-0.15, -0.1) is 0 Å². The van der Waals surface area contributed by atoms with Gasteiger partial charge in [0.2, 0.25) is 0 Å². The Kier molecular flexibility index (Phi) is 4.91. The Morgan fingerprint density at radius 2 is 2.18 bits per heavy atom. The Balaban J connectivity index is 2.88. The van der Waals surface area contributed by atoms with Crippen molar-refractivity contribution in [2.24, 2.45) is 17.8 Å². The molecule has 3 heteroatoms. The van der Waals surface area contributed by atoms with Gasteiger partial charge in [-0.3, -0.25) is 9.59 Å². The third-order valence-electron chi connectivity index (χ3n) is 3.13. The molecule has 0 saturated carbocycles. The molecule has 0 N–H and O–H groups in total. The standard InChI is InChI=1S/C14H22O3/c1-5-17-14(16)13-10(4)7-12(15)8-11(13)6-9(2)3/h7,9,11,13H,5-6,8H2,1-4H3/t11-,13+/m0/s1. The first-order chi connectivity index (χ1) is 7.95. The van der Waals surface area contributed by atoms with Crippen LogP contribution in [0.25, 0.3) is 0 Å². The van der Waals surface area contributed by atoms with Crippen molar-refractivity contribution in [2.75, 3.05) is 6.61 Å². The van der Waals surface area contributed by atoms with E-state index in [0.29, 0.717) is 18.9 Å². The van der Waals surface area contributed by atoms with Crippen LogP contribution in [0.4, 0.5) is 0 Å². The third kappa shape index (κ3) is 3.69. The average molecular weight is 238 g/mol. The summed E-state index contributed by atoms with van der Waals surface area (Å²) in [5, 5.41) is 0. The molecule has 0 bridgehead atoms. The van der Waals surface area contributed by atoms with Gasteiger partial charge in [-0.2, -0.15) is 0 Å². The normalized spacial score (nSPS) is 24.8. The summed E-state index contributed by atoms with van der Waals surface area (Å²) in [5.41, 5.74) is 0.852. The largest absolute Gasteiger partial charge is 0.466 e. The number of allylic oxidation sites excluding steroid dienone is 1. The second-order valence-corrected chi connectivity index (χ2v) is 5.18. The van der Waals surface area contributed by atoms with Gasteiger partial charge in [0.1, 0.15) is 0 Å². The lowest BCUT2D eigenvalue weighted by atomic mass is 9.75.